The van der Waals surface area contributed by atoms with Gasteiger partial charge in [0.2, 0.25) is 11.7 Å². The van der Waals surface area contributed by atoms with Gasteiger partial charge in [-0.1, -0.05) is 18.2 Å². The molecular formula is C28H27N3O5. The van der Waals surface area contributed by atoms with E-state index in [-0.39, 0.29) is 11.8 Å². The molecule has 184 valence electrons. The van der Waals surface area contributed by atoms with Crippen LogP contribution in [-0.4, -0.2) is 45.2 Å². The number of nitrogens with one attached hydrogen (secondary N) is 1. The Labute approximate surface area is 209 Å². The summed E-state index contributed by atoms with van der Waals surface area (Å²) in [5.41, 5.74) is 3.77. The fourth-order valence-electron chi connectivity index (χ4n) is 3.89. The summed E-state index contributed by atoms with van der Waals surface area (Å²) in [5, 5.41) is 3.67. The molecule has 0 bridgehead atoms. The number of fused-ring (bicyclic) bond motifs is 1. The molecular weight excluding hydrogens is 458 g/mol. The Morgan fingerprint density at radius 2 is 1.50 bits per heavy atom. The molecule has 0 fully saturated rings. The molecule has 8 heteroatoms. The Hall–Kier alpha value is -4.59. The summed E-state index contributed by atoms with van der Waals surface area (Å²) in [7, 11) is 6.34. The summed E-state index contributed by atoms with van der Waals surface area (Å²) < 4.78 is 16.4. The van der Waals surface area contributed by atoms with Crippen molar-refractivity contribution in [3.8, 4) is 28.5 Å². The minimum absolute atomic E-state index is 0.0747. The fraction of sp³-hybridized carbons (Fsp3) is 0.179. The zero-order chi connectivity index (χ0) is 25.8. The van der Waals surface area contributed by atoms with Crippen LogP contribution in [-0.2, 0) is 4.79 Å². The van der Waals surface area contributed by atoms with Gasteiger partial charge in [0.15, 0.2) is 11.5 Å². The summed E-state index contributed by atoms with van der Waals surface area (Å²) in [5.74, 6) is 1.09. The number of pyridine rings is 1. The van der Waals surface area contributed by atoms with Gasteiger partial charge in [0, 0.05) is 36.3 Å². The first kappa shape index (κ1) is 24.5. The van der Waals surface area contributed by atoms with Gasteiger partial charge in [-0.15, -0.1) is 0 Å². The zero-order valence-electron chi connectivity index (χ0n) is 20.8. The molecule has 4 rings (SSSR count). The molecule has 1 N–H and O–H groups in total. The topological polar surface area (TPSA) is 90.0 Å². The van der Waals surface area contributed by atoms with Gasteiger partial charge in [-0.05, 0) is 48.5 Å². The second kappa shape index (κ2) is 10.4. The van der Waals surface area contributed by atoms with Crippen molar-refractivity contribution in [3.63, 3.8) is 0 Å². The van der Waals surface area contributed by atoms with Crippen molar-refractivity contribution in [1.82, 2.24) is 4.98 Å². The maximum atomic E-state index is 13.4. The molecule has 0 radical (unpaired) electrons. The number of carbonyl (C=O) groups excluding carboxylic acids is 2. The first-order valence-electron chi connectivity index (χ1n) is 11.2. The van der Waals surface area contributed by atoms with Gasteiger partial charge in [-0.2, -0.15) is 0 Å². The third kappa shape index (κ3) is 4.79. The second-order valence-electron chi connectivity index (χ2n) is 8.07. The lowest BCUT2D eigenvalue weighted by atomic mass is 10.0. The lowest BCUT2D eigenvalue weighted by molar-refractivity contribution is -0.116. The van der Waals surface area contributed by atoms with Crippen LogP contribution in [0.25, 0.3) is 22.2 Å². The number of carbonyl (C=O) groups is 2. The van der Waals surface area contributed by atoms with Crippen molar-refractivity contribution >= 4 is 34.1 Å². The Bertz CT molecular complexity index is 1410. The molecule has 8 nitrogen and oxygen atoms in total. The fourth-order valence-corrected chi connectivity index (χ4v) is 3.89. The predicted octanol–water partition coefficient (Wildman–Crippen LogP) is 5.16. The monoisotopic (exact) mass is 485 g/mol. The van der Waals surface area contributed by atoms with E-state index in [2.05, 4.69) is 5.32 Å². The highest BCUT2D eigenvalue weighted by atomic mass is 16.5. The van der Waals surface area contributed by atoms with E-state index in [0.29, 0.717) is 45.3 Å². The number of methoxy groups -OCH3 is 3. The molecule has 1 heterocycles. The molecule has 0 spiro atoms. The van der Waals surface area contributed by atoms with Crippen LogP contribution in [0.4, 0.5) is 11.4 Å². The lowest BCUT2D eigenvalue weighted by Gasteiger charge is -2.16. The molecule has 4 aromatic rings. The summed E-state index contributed by atoms with van der Waals surface area (Å²) in [4.78, 5) is 31.3. The van der Waals surface area contributed by atoms with E-state index in [1.54, 1.807) is 70.8 Å². The number of amides is 2. The van der Waals surface area contributed by atoms with E-state index in [1.807, 2.05) is 24.3 Å². The maximum absolute atomic E-state index is 13.4. The molecule has 0 aliphatic heterocycles. The molecule has 0 aliphatic rings. The molecule has 0 atom stereocenters. The summed E-state index contributed by atoms with van der Waals surface area (Å²) in [6.07, 6.45) is 0. The summed E-state index contributed by atoms with van der Waals surface area (Å²) >= 11 is 0. The van der Waals surface area contributed by atoms with Gasteiger partial charge in [-0.3, -0.25) is 9.59 Å². The van der Waals surface area contributed by atoms with Gasteiger partial charge in [-0.25, -0.2) is 4.98 Å². The summed E-state index contributed by atoms with van der Waals surface area (Å²) in [6, 6.07) is 19.9. The maximum Gasteiger partial charge on any atom is 0.256 e. The van der Waals surface area contributed by atoms with Crippen molar-refractivity contribution in [1.29, 1.82) is 0 Å². The van der Waals surface area contributed by atoms with Crippen LogP contribution < -0.4 is 24.4 Å². The number of aromatic nitrogens is 1. The Kier molecular flexibility index (Phi) is 7.05. The first-order chi connectivity index (χ1) is 17.4. The first-order valence-corrected chi connectivity index (χ1v) is 11.2. The highest BCUT2D eigenvalue weighted by Crippen LogP contribution is 2.41. The zero-order valence-corrected chi connectivity index (χ0v) is 20.8. The Morgan fingerprint density at radius 1 is 0.861 bits per heavy atom. The minimum atomic E-state index is -0.282. The highest BCUT2D eigenvalue weighted by Gasteiger charge is 2.18. The van der Waals surface area contributed by atoms with E-state index in [0.717, 1.165) is 11.1 Å². The van der Waals surface area contributed by atoms with Gasteiger partial charge in [0.25, 0.3) is 5.91 Å². The van der Waals surface area contributed by atoms with E-state index >= 15 is 0 Å². The number of rotatable bonds is 7. The number of hydrogen-bond acceptors (Lipinski definition) is 6. The van der Waals surface area contributed by atoms with Crippen LogP contribution in [0.15, 0.2) is 66.7 Å². The van der Waals surface area contributed by atoms with Crippen molar-refractivity contribution in [2.24, 2.45) is 0 Å². The number of ether oxygens (including phenoxy) is 3. The number of benzene rings is 3. The summed E-state index contributed by atoms with van der Waals surface area (Å²) in [6.45, 7) is 1.50. The third-order valence-corrected chi connectivity index (χ3v) is 5.91. The van der Waals surface area contributed by atoms with Crippen LogP contribution in [0.3, 0.4) is 0 Å². The van der Waals surface area contributed by atoms with Crippen molar-refractivity contribution in [2.45, 2.75) is 6.92 Å². The number of hydrogen-bond donors (Lipinski definition) is 1. The Morgan fingerprint density at radius 3 is 2.08 bits per heavy atom. The van der Waals surface area contributed by atoms with Crippen LogP contribution in [0.2, 0.25) is 0 Å². The van der Waals surface area contributed by atoms with Crippen LogP contribution in [0.5, 0.6) is 17.2 Å². The number of nitrogens with zero attached hydrogens (tertiary/aromatic N) is 2. The molecule has 0 unspecified atom stereocenters. The molecule has 0 saturated heterocycles. The minimum Gasteiger partial charge on any atom is -0.493 e. The molecule has 0 saturated carbocycles. The van der Waals surface area contributed by atoms with Crippen LogP contribution >= 0.6 is 0 Å². The quantitative estimate of drug-likeness (QED) is 0.389. The van der Waals surface area contributed by atoms with E-state index in [9.17, 15) is 9.59 Å². The van der Waals surface area contributed by atoms with E-state index < -0.39 is 0 Å². The molecule has 36 heavy (non-hydrogen) atoms. The average Bonchev–Trinajstić information content (AvgIpc) is 2.91. The highest BCUT2D eigenvalue weighted by molar-refractivity contribution is 6.13. The van der Waals surface area contributed by atoms with Gasteiger partial charge < -0.3 is 24.4 Å². The molecule has 2 amide bonds. The van der Waals surface area contributed by atoms with Crippen LogP contribution in [0.1, 0.15) is 17.3 Å². The van der Waals surface area contributed by atoms with Gasteiger partial charge >= 0.3 is 0 Å². The normalized spacial score (nSPS) is 10.6. The second-order valence-corrected chi connectivity index (χ2v) is 8.07. The Balaban J connectivity index is 1.75. The SMILES string of the molecule is COc1cc(-c2cc(C(=O)Nc3ccc(N(C)C(C)=O)cc3)c3ccccc3n2)cc(OC)c1OC. The number of anilines is 2. The van der Waals surface area contributed by atoms with Crippen molar-refractivity contribution in [3.05, 3.63) is 72.3 Å². The van der Waals surface area contributed by atoms with E-state index in [4.69, 9.17) is 19.2 Å². The molecule has 1 aromatic heterocycles. The van der Waals surface area contributed by atoms with Gasteiger partial charge in [0.1, 0.15) is 0 Å². The predicted molar refractivity (Wildman–Crippen MR) is 140 cm³/mol. The van der Waals surface area contributed by atoms with Gasteiger partial charge in [0.05, 0.1) is 38.1 Å². The van der Waals surface area contributed by atoms with Crippen molar-refractivity contribution in [2.75, 3.05) is 38.6 Å². The van der Waals surface area contributed by atoms with Crippen LogP contribution in [0, 0.1) is 0 Å². The smallest absolute Gasteiger partial charge is 0.256 e. The molecule has 0 aliphatic carbocycles. The third-order valence-electron chi connectivity index (χ3n) is 5.91. The van der Waals surface area contributed by atoms with Crippen molar-refractivity contribution < 1.29 is 23.8 Å². The lowest BCUT2D eigenvalue weighted by Crippen LogP contribution is -2.22. The largest absolute Gasteiger partial charge is 0.493 e. The number of para-hydroxylation sites is 1. The van der Waals surface area contributed by atoms with E-state index in [1.165, 1.54) is 11.8 Å². The molecule has 3 aromatic carbocycles. The standard InChI is InChI=1S/C28H27N3O5/c1-17(32)31(2)20-12-10-19(11-13-20)29-28(33)22-16-24(30-23-9-7-6-8-21(22)23)18-14-25(34-3)27(36-5)26(15-18)35-4/h6-16H,1-5H3,(H,29,33). The average molecular weight is 486 g/mol.